The molecule has 1 saturated carbocycles. The second-order valence-corrected chi connectivity index (χ2v) is 5.41. The van der Waals surface area contributed by atoms with Gasteiger partial charge in [-0.2, -0.15) is 0 Å². The quantitative estimate of drug-likeness (QED) is 0.772. The lowest BCUT2D eigenvalue weighted by molar-refractivity contribution is 0.287. The van der Waals surface area contributed by atoms with Gasteiger partial charge in [0.1, 0.15) is 0 Å². The van der Waals surface area contributed by atoms with Gasteiger partial charge in [-0.25, -0.2) is 0 Å². The molecule has 0 spiro atoms. The summed E-state index contributed by atoms with van der Waals surface area (Å²) in [5, 5.41) is 3.70. The fourth-order valence-electron chi connectivity index (χ4n) is 2.54. The molecule has 1 nitrogen and oxygen atoms in total. The van der Waals surface area contributed by atoms with E-state index in [9.17, 15) is 0 Å². The Labute approximate surface area is 106 Å². The summed E-state index contributed by atoms with van der Waals surface area (Å²) in [6, 6.07) is 9.49. The molecule has 0 amide bonds. The summed E-state index contributed by atoms with van der Waals surface area (Å²) < 4.78 is 0. The highest BCUT2D eigenvalue weighted by molar-refractivity contribution is 5.24. The monoisotopic (exact) mass is 231 g/mol. The number of nitrogens with one attached hydrogen (secondary N) is 1. The van der Waals surface area contributed by atoms with E-state index < -0.39 is 0 Å². The Kier molecular flexibility index (Phi) is 4.61. The lowest BCUT2D eigenvalue weighted by Crippen LogP contribution is -2.25. The molecule has 1 atom stereocenters. The maximum absolute atomic E-state index is 3.70. The van der Waals surface area contributed by atoms with Crippen LogP contribution in [0, 0.1) is 12.8 Å². The molecule has 1 aliphatic rings. The Hall–Kier alpha value is -0.820. The van der Waals surface area contributed by atoms with E-state index in [1.807, 2.05) is 0 Å². The Morgan fingerprint density at radius 1 is 1.24 bits per heavy atom. The lowest BCUT2D eigenvalue weighted by atomic mass is 9.83. The van der Waals surface area contributed by atoms with Crippen LogP contribution in [0.3, 0.4) is 0 Å². The molecule has 0 aromatic heterocycles. The van der Waals surface area contributed by atoms with E-state index in [1.165, 1.54) is 49.8 Å². The Morgan fingerprint density at radius 3 is 2.47 bits per heavy atom. The van der Waals surface area contributed by atoms with Gasteiger partial charge in [-0.05, 0) is 37.8 Å². The molecule has 0 aliphatic heterocycles. The minimum absolute atomic E-state index is 0.538. The number of benzene rings is 1. The van der Waals surface area contributed by atoms with Crippen molar-refractivity contribution in [2.75, 3.05) is 6.54 Å². The molecule has 17 heavy (non-hydrogen) atoms. The Balaban J connectivity index is 1.80. The number of rotatable bonds is 6. The van der Waals surface area contributed by atoms with Gasteiger partial charge >= 0.3 is 0 Å². The molecule has 94 valence electrons. The molecule has 0 radical (unpaired) electrons. The first-order valence-electron chi connectivity index (χ1n) is 7.09. The smallest absolute Gasteiger partial charge is 0.0317 e. The first-order valence-corrected chi connectivity index (χ1v) is 7.09. The molecule has 2 rings (SSSR count). The van der Waals surface area contributed by atoms with Gasteiger partial charge in [0.25, 0.3) is 0 Å². The molecule has 1 unspecified atom stereocenters. The third-order valence-corrected chi connectivity index (χ3v) is 4.06. The summed E-state index contributed by atoms with van der Waals surface area (Å²) in [5.41, 5.74) is 2.78. The summed E-state index contributed by atoms with van der Waals surface area (Å²) in [5.74, 6) is 1.01. The maximum Gasteiger partial charge on any atom is 0.0317 e. The highest BCUT2D eigenvalue weighted by Crippen LogP contribution is 2.29. The minimum atomic E-state index is 0.538. The van der Waals surface area contributed by atoms with Gasteiger partial charge in [0, 0.05) is 6.04 Å². The van der Waals surface area contributed by atoms with Gasteiger partial charge < -0.3 is 5.32 Å². The predicted octanol–water partition coefficient (Wildman–Crippen LogP) is 4.23. The van der Waals surface area contributed by atoms with Gasteiger partial charge in [-0.3, -0.25) is 0 Å². The molecule has 1 heteroatoms. The lowest BCUT2D eigenvalue weighted by Gasteiger charge is -2.26. The summed E-state index contributed by atoms with van der Waals surface area (Å²) in [6.45, 7) is 5.59. The van der Waals surface area contributed by atoms with Gasteiger partial charge in [0.05, 0.1) is 0 Å². The molecule has 1 aromatic carbocycles. The van der Waals surface area contributed by atoms with Crippen LogP contribution in [0.4, 0.5) is 0 Å². The second kappa shape index (κ2) is 6.20. The highest BCUT2D eigenvalue weighted by atomic mass is 14.9. The highest BCUT2D eigenvalue weighted by Gasteiger charge is 2.17. The zero-order valence-corrected chi connectivity index (χ0v) is 11.2. The molecular weight excluding hydrogens is 206 g/mol. The number of hydrogen-bond donors (Lipinski definition) is 1. The van der Waals surface area contributed by atoms with Crippen LogP contribution in [-0.4, -0.2) is 6.54 Å². The van der Waals surface area contributed by atoms with Crippen LogP contribution in [-0.2, 0) is 0 Å². The van der Waals surface area contributed by atoms with Crippen LogP contribution >= 0.6 is 0 Å². The van der Waals surface area contributed by atoms with Crippen LogP contribution in [0.25, 0.3) is 0 Å². The van der Waals surface area contributed by atoms with E-state index >= 15 is 0 Å². The van der Waals surface area contributed by atoms with Crippen molar-refractivity contribution in [1.82, 2.24) is 5.32 Å². The van der Waals surface area contributed by atoms with Crippen LogP contribution < -0.4 is 5.32 Å². The van der Waals surface area contributed by atoms with Crippen molar-refractivity contribution in [1.29, 1.82) is 0 Å². The fraction of sp³-hybridized carbons (Fsp3) is 0.625. The van der Waals surface area contributed by atoms with Crippen LogP contribution in [0.1, 0.15) is 56.2 Å². The zero-order valence-electron chi connectivity index (χ0n) is 11.2. The molecule has 0 heterocycles. The van der Waals surface area contributed by atoms with E-state index in [4.69, 9.17) is 0 Å². The number of aryl methyl sites for hydroxylation is 1. The second-order valence-electron chi connectivity index (χ2n) is 5.41. The van der Waals surface area contributed by atoms with Crippen molar-refractivity contribution in [3.05, 3.63) is 35.4 Å². The van der Waals surface area contributed by atoms with Crippen molar-refractivity contribution >= 4 is 0 Å². The third-order valence-electron chi connectivity index (χ3n) is 4.06. The van der Waals surface area contributed by atoms with Gasteiger partial charge in [-0.1, -0.05) is 56.0 Å². The van der Waals surface area contributed by atoms with Crippen molar-refractivity contribution in [2.45, 2.75) is 52.0 Å². The van der Waals surface area contributed by atoms with Gasteiger partial charge in [0.15, 0.2) is 0 Å². The number of hydrogen-bond acceptors (Lipinski definition) is 1. The average molecular weight is 231 g/mol. The summed E-state index contributed by atoms with van der Waals surface area (Å²) in [7, 11) is 0. The fourth-order valence-corrected chi connectivity index (χ4v) is 2.54. The SMILES string of the molecule is CCC(NCCC1CCC1)c1ccc(C)cc1. The molecule has 1 aliphatic carbocycles. The third kappa shape index (κ3) is 3.57. The summed E-state index contributed by atoms with van der Waals surface area (Å²) in [4.78, 5) is 0. The van der Waals surface area contributed by atoms with Crippen LogP contribution in [0.15, 0.2) is 24.3 Å². The van der Waals surface area contributed by atoms with Crippen molar-refractivity contribution in [3.63, 3.8) is 0 Å². The van der Waals surface area contributed by atoms with Crippen LogP contribution in [0.2, 0.25) is 0 Å². The van der Waals surface area contributed by atoms with Crippen molar-refractivity contribution in [2.24, 2.45) is 5.92 Å². The van der Waals surface area contributed by atoms with Gasteiger partial charge in [0.2, 0.25) is 0 Å². The normalized spacial score (nSPS) is 17.8. The zero-order chi connectivity index (χ0) is 12.1. The van der Waals surface area contributed by atoms with E-state index in [0.717, 1.165) is 5.92 Å². The molecule has 0 saturated heterocycles. The van der Waals surface area contributed by atoms with E-state index in [0.29, 0.717) is 6.04 Å². The maximum atomic E-state index is 3.70. The standard InChI is InChI=1S/C16H25N/c1-3-16(15-9-7-13(2)8-10-15)17-12-11-14-5-4-6-14/h7-10,14,16-17H,3-6,11-12H2,1-2H3. The van der Waals surface area contributed by atoms with E-state index in [1.54, 1.807) is 0 Å². The van der Waals surface area contributed by atoms with Crippen molar-refractivity contribution < 1.29 is 0 Å². The first-order chi connectivity index (χ1) is 8.29. The first kappa shape index (κ1) is 12.6. The largest absolute Gasteiger partial charge is 0.310 e. The minimum Gasteiger partial charge on any atom is -0.310 e. The summed E-state index contributed by atoms with van der Waals surface area (Å²) in [6.07, 6.45) is 6.92. The van der Waals surface area contributed by atoms with E-state index in [-0.39, 0.29) is 0 Å². The predicted molar refractivity (Wildman–Crippen MR) is 74.2 cm³/mol. The Morgan fingerprint density at radius 2 is 1.94 bits per heavy atom. The average Bonchev–Trinajstić information content (AvgIpc) is 2.29. The topological polar surface area (TPSA) is 12.0 Å². The molecular formula is C16H25N. The summed E-state index contributed by atoms with van der Waals surface area (Å²) >= 11 is 0. The van der Waals surface area contributed by atoms with Gasteiger partial charge in [-0.15, -0.1) is 0 Å². The van der Waals surface area contributed by atoms with Crippen LogP contribution in [0.5, 0.6) is 0 Å². The molecule has 0 bridgehead atoms. The molecule has 1 N–H and O–H groups in total. The molecule has 1 aromatic rings. The molecule has 1 fully saturated rings. The van der Waals surface area contributed by atoms with Crippen molar-refractivity contribution in [3.8, 4) is 0 Å². The van der Waals surface area contributed by atoms with E-state index in [2.05, 4.69) is 43.4 Å². The Bertz CT molecular complexity index is 324.